The molecule has 2 aromatic rings. The molecule has 0 bridgehead atoms. The fourth-order valence-electron chi connectivity index (χ4n) is 2.23. The Morgan fingerprint density at radius 3 is 2.15 bits per heavy atom. The number of amides is 1. The molecule has 0 aliphatic heterocycles. The highest BCUT2D eigenvalue weighted by Crippen LogP contribution is 2.17. The standard InChI is InChI=1S/C20H20ClNO5/c1-26-19(24)3-2-12-22-18(23)13-27-17-10-6-15(7-11-17)20(25)14-4-8-16(21)9-5-14/h4-11H,2-3,12-13H2,1H3,(H,22,23). The minimum absolute atomic E-state index is 0.124. The smallest absolute Gasteiger partial charge is 0.305 e. The maximum absolute atomic E-state index is 12.4. The summed E-state index contributed by atoms with van der Waals surface area (Å²) in [5.74, 6) is -0.246. The van der Waals surface area contributed by atoms with Crippen molar-refractivity contribution in [2.45, 2.75) is 12.8 Å². The molecule has 0 unspecified atom stereocenters. The number of halogens is 1. The SMILES string of the molecule is COC(=O)CCCNC(=O)COc1ccc(C(=O)c2ccc(Cl)cc2)cc1. The van der Waals surface area contributed by atoms with Gasteiger partial charge < -0.3 is 14.8 Å². The van der Waals surface area contributed by atoms with Crippen LogP contribution in [0, 0.1) is 0 Å². The van der Waals surface area contributed by atoms with Crippen LogP contribution in [-0.4, -0.2) is 37.9 Å². The van der Waals surface area contributed by atoms with E-state index in [9.17, 15) is 14.4 Å². The fourth-order valence-corrected chi connectivity index (χ4v) is 2.36. The Balaban J connectivity index is 1.78. The van der Waals surface area contributed by atoms with Gasteiger partial charge in [0.25, 0.3) is 5.91 Å². The van der Waals surface area contributed by atoms with Crippen LogP contribution in [0.2, 0.25) is 5.02 Å². The Kier molecular flexibility index (Phi) is 7.82. The van der Waals surface area contributed by atoms with E-state index in [4.69, 9.17) is 16.3 Å². The largest absolute Gasteiger partial charge is 0.484 e. The first kappa shape index (κ1) is 20.5. The van der Waals surface area contributed by atoms with Crippen molar-refractivity contribution in [3.05, 3.63) is 64.7 Å². The molecule has 2 aromatic carbocycles. The number of benzene rings is 2. The maximum atomic E-state index is 12.4. The predicted octanol–water partition coefficient (Wildman–Crippen LogP) is 3.02. The first-order valence-corrected chi connectivity index (χ1v) is 8.74. The zero-order chi connectivity index (χ0) is 19.6. The van der Waals surface area contributed by atoms with Crippen LogP contribution in [0.25, 0.3) is 0 Å². The zero-order valence-corrected chi connectivity index (χ0v) is 15.6. The third-order valence-electron chi connectivity index (χ3n) is 3.70. The summed E-state index contributed by atoms with van der Waals surface area (Å²) in [6, 6.07) is 13.2. The topological polar surface area (TPSA) is 81.7 Å². The second kappa shape index (κ2) is 10.3. The number of carbonyl (C=O) groups excluding carboxylic acids is 3. The summed E-state index contributed by atoms with van der Waals surface area (Å²) < 4.78 is 9.91. The van der Waals surface area contributed by atoms with Crippen LogP contribution in [0.5, 0.6) is 5.75 Å². The van der Waals surface area contributed by atoms with Crippen LogP contribution < -0.4 is 10.1 Å². The molecule has 1 amide bonds. The molecule has 0 spiro atoms. The first-order valence-electron chi connectivity index (χ1n) is 8.36. The van der Waals surface area contributed by atoms with Crippen molar-refractivity contribution in [3.8, 4) is 5.75 Å². The second-order valence-electron chi connectivity index (χ2n) is 5.68. The van der Waals surface area contributed by atoms with Crippen LogP contribution in [0.15, 0.2) is 48.5 Å². The summed E-state index contributed by atoms with van der Waals surface area (Å²) in [4.78, 5) is 35.0. The molecule has 27 heavy (non-hydrogen) atoms. The van der Waals surface area contributed by atoms with Gasteiger partial charge in [-0.15, -0.1) is 0 Å². The summed E-state index contributed by atoms with van der Waals surface area (Å²) >= 11 is 5.82. The van der Waals surface area contributed by atoms with Crippen LogP contribution in [0.1, 0.15) is 28.8 Å². The first-order chi connectivity index (χ1) is 13.0. The summed E-state index contributed by atoms with van der Waals surface area (Å²) in [6.45, 7) is 0.217. The molecule has 0 fully saturated rings. The normalized spacial score (nSPS) is 10.1. The van der Waals surface area contributed by atoms with E-state index in [-0.39, 0.29) is 30.7 Å². The number of nitrogens with one attached hydrogen (secondary N) is 1. The van der Waals surface area contributed by atoms with Crippen molar-refractivity contribution in [1.29, 1.82) is 0 Å². The molecule has 0 radical (unpaired) electrons. The molecular formula is C20H20ClNO5. The number of ketones is 1. The molecular weight excluding hydrogens is 370 g/mol. The van der Waals surface area contributed by atoms with E-state index in [0.717, 1.165) is 0 Å². The molecule has 1 N–H and O–H groups in total. The highest BCUT2D eigenvalue weighted by atomic mass is 35.5. The molecule has 0 saturated carbocycles. The average molecular weight is 390 g/mol. The Morgan fingerprint density at radius 2 is 1.56 bits per heavy atom. The van der Waals surface area contributed by atoms with Crippen molar-refractivity contribution in [2.24, 2.45) is 0 Å². The Labute approximate surface area is 162 Å². The molecule has 0 atom stereocenters. The number of carbonyl (C=O) groups is 3. The monoisotopic (exact) mass is 389 g/mol. The van der Waals surface area contributed by atoms with Crippen LogP contribution in [0.4, 0.5) is 0 Å². The van der Waals surface area contributed by atoms with E-state index < -0.39 is 0 Å². The van der Waals surface area contributed by atoms with Gasteiger partial charge in [0.2, 0.25) is 0 Å². The lowest BCUT2D eigenvalue weighted by atomic mass is 10.0. The summed E-state index contributed by atoms with van der Waals surface area (Å²) in [5, 5.41) is 3.22. The minimum Gasteiger partial charge on any atom is -0.484 e. The summed E-state index contributed by atoms with van der Waals surface area (Å²) in [7, 11) is 1.32. The van der Waals surface area contributed by atoms with Crippen molar-refractivity contribution < 1.29 is 23.9 Å². The van der Waals surface area contributed by atoms with Gasteiger partial charge in [-0.1, -0.05) is 11.6 Å². The molecule has 7 heteroatoms. The van der Waals surface area contributed by atoms with E-state index in [2.05, 4.69) is 10.1 Å². The summed E-state index contributed by atoms with van der Waals surface area (Å²) in [6.07, 6.45) is 0.751. The van der Waals surface area contributed by atoms with Crippen LogP contribution in [0.3, 0.4) is 0 Å². The quantitative estimate of drug-likeness (QED) is 0.405. The number of esters is 1. The third kappa shape index (κ3) is 6.75. The number of rotatable bonds is 9. The average Bonchev–Trinajstić information content (AvgIpc) is 2.70. The summed E-state index contributed by atoms with van der Waals surface area (Å²) in [5.41, 5.74) is 1.05. The van der Waals surface area contributed by atoms with E-state index in [1.54, 1.807) is 48.5 Å². The van der Waals surface area contributed by atoms with Gasteiger partial charge in [0.15, 0.2) is 12.4 Å². The number of ether oxygens (including phenoxy) is 2. The van der Waals surface area contributed by atoms with E-state index in [1.807, 2.05) is 0 Å². The molecule has 0 saturated heterocycles. The van der Waals surface area contributed by atoms with Crippen molar-refractivity contribution in [3.63, 3.8) is 0 Å². The van der Waals surface area contributed by atoms with Crippen molar-refractivity contribution in [1.82, 2.24) is 5.32 Å². The van der Waals surface area contributed by atoms with Crippen molar-refractivity contribution in [2.75, 3.05) is 20.3 Å². The minimum atomic E-state index is -0.311. The lowest BCUT2D eigenvalue weighted by Crippen LogP contribution is -2.30. The van der Waals surface area contributed by atoms with Gasteiger partial charge in [-0.3, -0.25) is 14.4 Å². The highest BCUT2D eigenvalue weighted by molar-refractivity contribution is 6.30. The number of hydrogen-bond donors (Lipinski definition) is 1. The van der Waals surface area contributed by atoms with E-state index in [1.165, 1.54) is 7.11 Å². The lowest BCUT2D eigenvalue weighted by Gasteiger charge is -2.08. The molecule has 142 valence electrons. The molecule has 0 aliphatic carbocycles. The molecule has 0 heterocycles. The molecule has 6 nitrogen and oxygen atoms in total. The van der Waals surface area contributed by atoms with Gasteiger partial charge in [-0.2, -0.15) is 0 Å². The van der Waals surface area contributed by atoms with Gasteiger partial charge in [0.1, 0.15) is 5.75 Å². The highest BCUT2D eigenvalue weighted by Gasteiger charge is 2.09. The van der Waals surface area contributed by atoms with E-state index in [0.29, 0.717) is 34.9 Å². The van der Waals surface area contributed by atoms with Gasteiger partial charge >= 0.3 is 5.97 Å². The molecule has 2 rings (SSSR count). The van der Waals surface area contributed by atoms with Gasteiger partial charge in [0, 0.05) is 29.1 Å². The van der Waals surface area contributed by atoms with Crippen molar-refractivity contribution >= 4 is 29.3 Å². The number of hydrogen-bond acceptors (Lipinski definition) is 5. The Bertz CT molecular complexity index is 787. The second-order valence-corrected chi connectivity index (χ2v) is 6.12. The number of methoxy groups -OCH3 is 1. The van der Waals surface area contributed by atoms with Crippen LogP contribution >= 0.6 is 11.6 Å². The Morgan fingerprint density at radius 1 is 0.963 bits per heavy atom. The fraction of sp³-hybridized carbons (Fsp3) is 0.250. The zero-order valence-electron chi connectivity index (χ0n) is 14.9. The molecule has 0 aromatic heterocycles. The predicted molar refractivity (Wildman–Crippen MR) is 101 cm³/mol. The molecule has 0 aliphatic rings. The third-order valence-corrected chi connectivity index (χ3v) is 3.95. The lowest BCUT2D eigenvalue weighted by molar-refractivity contribution is -0.140. The van der Waals surface area contributed by atoms with Gasteiger partial charge in [-0.05, 0) is 55.0 Å². The van der Waals surface area contributed by atoms with Crippen LogP contribution in [-0.2, 0) is 14.3 Å². The Hall–Kier alpha value is -2.86. The maximum Gasteiger partial charge on any atom is 0.305 e. The van der Waals surface area contributed by atoms with E-state index >= 15 is 0 Å². The van der Waals surface area contributed by atoms with Gasteiger partial charge in [0.05, 0.1) is 7.11 Å². The van der Waals surface area contributed by atoms with Gasteiger partial charge in [-0.25, -0.2) is 0 Å².